The molecule has 0 radical (unpaired) electrons. The van der Waals surface area contributed by atoms with Gasteiger partial charge in [0, 0.05) is 16.8 Å². The molecule has 1 saturated heterocycles. The van der Waals surface area contributed by atoms with E-state index in [1.54, 1.807) is 4.90 Å². The van der Waals surface area contributed by atoms with E-state index >= 15 is 0 Å². The van der Waals surface area contributed by atoms with Crippen molar-refractivity contribution in [1.82, 2.24) is 9.78 Å². The average Bonchev–Trinajstić information content (AvgIpc) is 3.25. The van der Waals surface area contributed by atoms with Gasteiger partial charge in [-0.2, -0.15) is 5.10 Å². The molecule has 0 spiro atoms. The fraction of sp³-hybridized carbons (Fsp3) is 0.429. The van der Waals surface area contributed by atoms with Crippen molar-refractivity contribution in [1.29, 1.82) is 0 Å². The van der Waals surface area contributed by atoms with Crippen molar-refractivity contribution in [2.75, 3.05) is 20.2 Å². The van der Waals surface area contributed by atoms with Crippen molar-refractivity contribution in [3.63, 3.8) is 0 Å². The summed E-state index contributed by atoms with van der Waals surface area (Å²) < 4.78 is 7.45. The molecule has 4 rings (SSSR count). The Morgan fingerprint density at radius 2 is 2.14 bits per heavy atom. The first-order valence-corrected chi connectivity index (χ1v) is 11.0. The van der Waals surface area contributed by atoms with Gasteiger partial charge >= 0.3 is 5.97 Å². The third-order valence-corrected chi connectivity index (χ3v) is 6.93. The number of halogens is 1. The summed E-state index contributed by atoms with van der Waals surface area (Å²) in [5, 5.41) is 6.29. The van der Waals surface area contributed by atoms with Crippen LogP contribution in [0.5, 0.6) is 0 Å². The van der Waals surface area contributed by atoms with Gasteiger partial charge < -0.3 is 9.64 Å². The number of nitrogens with zero attached hydrogens (tertiary/aromatic N) is 2. The number of hydrogen-bond donors (Lipinski definition) is 1. The summed E-state index contributed by atoms with van der Waals surface area (Å²) in [4.78, 5) is 15.7. The number of fused-ring (bicyclic) bond motifs is 1. The summed E-state index contributed by atoms with van der Waals surface area (Å²) in [5.74, 6) is -0.239. The molecular formula is C21H25ClN3O2S+. The highest BCUT2D eigenvalue weighted by Crippen LogP contribution is 2.31. The first-order chi connectivity index (χ1) is 13.5. The second kappa shape index (κ2) is 8.23. The molecule has 28 heavy (non-hydrogen) atoms. The Bertz CT molecular complexity index is 980. The maximum atomic E-state index is 12.6. The van der Waals surface area contributed by atoms with E-state index in [-0.39, 0.29) is 5.97 Å². The van der Waals surface area contributed by atoms with Crippen LogP contribution in [0, 0.1) is 6.92 Å². The smallest absolute Gasteiger partial charge is 0.348 e. The quantitative estimate of drug-likeness (QED) is 0.643. The van der Waals surface area contributed by atoms with Crippen LogP contribution in [0.3, 0.4) is 0 Å². The first-order valence-electron chi connectivity index (χ1n) is 9.77. The minimum atomic E-state index is -0.239. The summed E-state index contributed by atoms with van der Waals surface area (Å²) in [6, 6.07) is 10.0. The lowest BCUT2D eigenvalue weighted by Crippen LogP contribution is -3.13. The van der Waals surface area contributed by atoms with Gasteiger partial charge in [0.2, 0.25) is 0 Å². The van der Waals surface area contributed by atoms with Gasteiger partial charge in [-0.3, -0.25) is 0 Å². The normalized spacial score (nSPS) is 19.8. The highest BCUT2D eigenvalue weighted by molar-refractivity contribution is 7.20. The van der Waals surface area contributed by atoms with Gasteiger partial charge in [0.05, 0.1) is 37.6 Å². The van der Waals surface area contributed by atoms with Crippen LogP contribution in [0.2, 0.25) is 5.02 Å². The molecule has 2 aromatic heterocycles. The van der Waals surface area contributed by atoms with Gasteiger partial charge in [0.15, 0.2) is 0 Å². The van der Waals surface area contributed by atoms with Gasteiger partial charge in [-0.05, 0) is 56.5 Å². The molecule has 1 fully saturated rings. The van der Waals surface area contributed by atoms with E-state index in [1.165, 1.54) is 37.1 Å². The molecule has 7 heteroatoms. The Kier molecular flexibility index (Phi) is 5.71. The number of thiophene rings is 1. The number of ether oxygens (including phenoxy) is 1. The summed E-state index contributed by atoms with van der Waals surface area (Å²) in [5.41, 5.74) is 1.82. The SMILES string of the molecule is Cc1nn(-c2ccc(Cl)cc2)c2sc(C(=O)OCC[C@H]3CCCC[NH+]3C)cc12. The van der Waals surface area contributed by atoms with E-state index in [0.717, 1.165) is 28.0 Å². The maximum absolute atomic E-state index is 12.6. The second-order valence-corrected chi connectivity index (χ2v) is 8.98. The number of carbonyl (C=O) groups is 1. The van der Waals surface area contributed by atoms with Crippen molar-refractivity contribution >= 4 is 39.1 Å². The van der Waals surface area contributed by atoms with E-state index in [4.69, 9.17) is 16.3 Å². The maximum Gasteiger partial charge on any atom is 0.348 e. The Balaban J connectivity index is 1.47. The predicted molar refractivity (Wildman–Crippen MR) is 113 cm³/mol. The van der Waals surface area contributed by atoms with Gasteiger partial charge in [-0.15, -0.1) is 11.3 Å². The zero-order valence-corrected chi connectivity index (χ0v) is 17.8. The molecule has 0 aliphatic carbocycles. The minimum absolute atomic E-state index is 0.239. The molecule has 0 bridgehead atoms. The molecule has 3 aromatic rings. The Morgan fingerprint density at radius 3 is 2.89 bits per heavy atom. The van der Waals surface area contributed by atoms with Crippen molar-refractivity contribution in [3.8, 4) is 5.69 Å². The Morgan fingerprint density at radius 1 is 1.36 bits per heavy atom. The second-order valence-electron chi connectivity index (χ2n) is 7.52. The van der Waals surface area contributed by atoms with Crippen molar-refractivity contribution in [3.05, 3.63) is 45.9 Å². The lowest BCUT2D eigenvalue weighted by Gasteiger charge is -2.29. The molecule has 1 unspecified atom stereocenters. The molecule has 1 aliphatic rings. The van der Waals surface area contributed by atoms with Crippen LogP contribution in [0.15, 0.2) is 30.3 Å². The minimum Gasteiger partial charge on any atom is -0.461 e. The highest BCUT2D eigenvalue weighted by Gasteiger charge is 2.23. The van der Waals surface area contributed by atoms with Gasteiger partial charge in [0.25, 0.3) is 0 Å². The number of piperidine rings is 1. The molecule has 1 aromatic carbocycles. The van der Waals surface area contributed by atoms with Crippen LogP contribution >= 0.6 is 22.9 Å². The summed E-state index contributed by atoms with van der Waals surface area (Å²) in [6.07, 6.45) is 4.74. The topological polar surface area (TPSA) is 48.6 Å². The summed E-state index contributed by atoms with van der Waals surface area (Å²) in [6.45, 7) is 3.66. The number of quaternary nitrogens is 1. The van der Waals surface area contributed by atoms with Crippen LogP contribution < -0.4 is 4.90 Å². The summed E-state index contributed by atoms with van der Waals surface area (Å²) >= 11 is 7.42. The van der Waals surface area contributed by atoms with E-state index in [1.807, 2.05) is 41.9 Å². The van der Waals surface area contributed by atoms with Crippen LogP contribution in [0.25, 0.3) is 15.9 Å². The van der Waals surface area contributed by atoms with Crippen molar-refractivity contribution in [2.45, 2.75) is 38.6 Å². The zero-order valence-electron chi connectivity index (χ0n) is 16.2. The number of rotatable bonds is 5. The molecule has 0 amide bonds. The number of benzene rings is 1. The predicted octanol–water partition coefficient (Wildman–Crippen LogP) is 3.66. The van der Waals surface area contributed by atoms with E-state index in [0.29, 0.717) is 22.5 Å². The van der Waals surface area contributed by atoms with Crippen LogP contribution in [-0.4, -0.2) is 42.0 Å². The van der Waals surface area contributed by atoms with Crippen molar-refractivity contribution in [2.24, 2.45) is 0 Å². The van der Waals surface area contributed by atoms with E-state index in [2.05, 4.69) is 12.1 Å². The largest absolute Gasteiger partial charge is 0.461 e. The van der Waals surface area contributed by atoms with E-state index in [9.17, 15) is 4.79 Å². The van der Waals surface area contributed by atoms with Gasteiger partial charge in [-0.25, -0.2) is 9.48 Å². The zero-order chi connectivity index (χ0) is 19.7. The van der Waals surface area contributed by atoms with Crippen molar-refractivity contribution < 1.29 is 14.4 Å². The molecule has 5 nitrogen and oxygen atoms in total. The fourth-order valence-electron chi connectivity index (χ4n) is 3.91. The first kappa shape index (κ1) is 19.4. The number of esters is 1. The standard InChI is InChI=1S/C21H24ClN3O2S/c1-14-18-13-19(21(26)27-12-10-16-5-3-4-11-24(16)2)28-20(18)25(23-14)17-8-6-15(22)7-9-17/h6-9,13,16H,3-5,10-12H2,1-2H3/p+1/t16-/m1/s1. The number of hydrogen-bond acceptors (Lipinski definition) is 4. The molecule has 1 N–H and O–H groups in total. The summed E-state index contributed by atoms with van der Waals surface area (Å²) in [7, 11) is 2.24. The third kappa shape index (κ3) is 3.95. The molecule has 3 heterocycles. The van der Waals surface area contributed by atoms with Gasteiger partial charge in [0.1, 0.15) is 9.71 Å². The number of aromatic nitrogens is 2. The van der Waals surface area contributed by atoms with Crippen LogP contribution in [-0.2, 0) is 4.74 Å². The Labute approximate surface area is 173 Å². The van der Waals surface area contributed by atoms with E-state index < -0.39 is 0 Å². The van der Waals surface area contributed by atoms with Gasteiger partial charge in [-0.1, -0.05) is 11.6 Å². The number of carbonyl (C=O) groups excluding carboxylic acids is 1. The van der Waals surface area contributed by atoms with Crippen LogP contribution in [0.1, 0.15) is 41.0 Å². The highest BCUT2D eigenvalue weighted by atomic mass is 35.5. The number of aryl methyl sites for hydroxylation is 1. The third-order valence-electron chi connectivity index (χ3n) is 5.59. The van der Waals surface area contributed by atoms with Crippen LogP contribution in [0.4, 0.5) is 0 Å². The monoisotopic (exact) mass is 418 g/mol. The number of likely N-dealkylation sites (tertiary alicyclic amines) is 1. The number of nitrogens with one attached hydrogen (secondary N) is 1. The molecule has 148 valence electrons. The molecule has 2 atom stereocenters. The lowest BCUT2D eigenvalue weighted by molar-refractivity contribution is -0.911. The Hall–Kier alpha value is -1.89. The molecular weight excluding hydrogens is 394 g/mol. The lowest BCUT2D eigenvalue weighted by atomic mass is 10.0. The fourth-order valence-corrected chi connectivity index (χ4v) is 5.11. The molecule has 0 saturated carbocycles. The molecule has 1 aliphatic heterocycles. The average molecular weight is 419 g/mol.